The van der Waals surface area contributed by atoms with Crippen LogP contribution in [0.25, 0.3) is 0 Å². The van der Waals surface area contributed by atoms with Crippen LogP contribution in [-0.4, -0.2) is 5.71 Å². The molecule has 0 radical (unpaired) electrons. The van der Waals surface area contributed by atoms with Gasteiger partial charge >= 0.3 is 0 Å². The van der Waals surface area contributed by atoms with Crippen molar-refractivity contribution in [3.05, 3.63) is 36.1 Å². The first-order chi connectivity index (χ1) is 6.35. The number of hydrogen-bond donors (Lipinski definition) is 0. The van der Waals surface area contributed by atoms with Crippen LogP contribution in [0, 0.1) is 11.3 Å². The highest BCUT2D eigenvalue weighted by molar-refractivity contribution is 5.97. The average molecular weight is 171 g/mol. The van der Waals surface area contributed by atoms with Gasteiger partial charge in [0.2, 0.25) is 0 Å². The first-order valence-electron chi connectivity index (χ1n) is 5.01. The zero-order valence-corrected chi connectivity index (χ0v) is 7.83. The van der Waals surface area contributed by atoms with Crippen molar-refractivity contribution in [2.45, 2.75) is 19.8 Å². The Morgan fingerprint density at radius 3 is 3.38 bits per heavy atom. The smallest absolute Gasteiger partial charge is 0.0512 e. The lowest BCUT2D eigenvalue weighted by molar-refractivity contribution is 0.705. The molecule has 0 aromatic heterocycles. The van der Waals surface area contributed by atoms with Gasteiger partial charge in [-0.25, -0.2) is 0 Å². The van der Waals surface area contributed by atoms with E-state index in [1.165, 1.54) is 17.8 Å². The van der Waals surface area contributed by atoms with Gasteiger partial charge in [0.05, 0.1) is 5.70 Å². The molecule has 1 spiro atoms. The quantitative estimate of drug-likeness (QED) is 0.575. The maximum Gasteiger partial charge on any atom is 0.0512 e. The van der Waals surface area contributed by atoms with Crippen LogP contribution < -0.4 is 0 Å². The minimum absolute atomic E-state index is 0.327. The standard InChI is InChI=1S/C12H13N/c1-2-10-6-7-12-8-9(12)4-3-5-11(12)13-10/h3-7,9H,2,8H2,1H3. The van der Waals surface area contributed by atoms with E-state index in [2.05, 4.69) is 42.3 Å². The van der Waals surface area contributed by atoms with Crippen molar-refractivity contribution < 1.29 is 0 Å². The van der Waals surface area contributed by atoms with E-state index in [4.69, 9.17) is 0 Å². The van der Waals surface area contributed by atoms with Gasteiger partial charge in [-0.05, 0) is 30.9 Å². The molecular weight excluding hydrogens is 158 g/mol. The maximum absolute atomic E-state index is 4.68. The number of hydrogen-bond acceptors (Lipinski definition) is 1. The molecule has 3 rings (SSSR count). The maximum atomic E-state index is 4.68. The summed E-state index contributed by atoms with van der Waals surface area (Å²) < 4.78 is 0. The topological polar surface area (TPSA) is 12.4 Å². The van der Waals surface area contributed by atoms with Crippen molar-refractivity contribution in [1.29, 1.82) is 0 Å². The second kappa shape index (κ2) is 2.22. The Morgan fingerprint density at radius 1 is 1.62 bits per heavy atom. The first-order valence-corrected chi connectivity index (χ1v) is 5.01. The summed E-state index contributed by atoms with van der Waals surface area (Å²) >= 11 is 0. The number of aliphatic imine (C=N–C) groups is 1. The summed E-state index contributed by atoms with van der Waals surface area (Å²) in [6, 6.07) is 0. The third kappa shape index (κ3) is 0.846. The minimum Gasteiger partial charge on any atom is -0.257 e. The van der Waals surface area contributed by atoms with Crippen LogP contribution in [0.4, 0.5) is 0 Å². The summed E-state index contributed by atoms with van der Waals surface area (Å²) in [6.07, 6.45) is 13.5. The summed E-state index contributed by atoms with van der Waals surface area (Å²) in [5.74, 6) is 0.742. The minimum atomic E-state index is 0.327. The molecule has 0 amide bonds. The van der Waals surface area contributed by atoms with Crippen LogP contribution in [0.5, 0.6) is 0 Å². The molecule has 1 nitrogen and oxygen atoms in total. The molecule has 1 heteroatoms. The zero-order chi connectivity index (χ0) is 8.89. The normalized spacial score (nSPS) is 39.0. The Kier molecular flexibility index (Phi) is 1.25. The molecule has 0 N–H and O–H groups in total. The van der Waals surface area contributed by atoms with Gasteiger partial charge in [0.15, 0.2) is 0 Å². The summed E-state index contributed by atoms with van der Waals surface area (Å²) in [7, 11) is 0. The lowest BCUT2D eigenvalue weighted by Crippen LogP contribution is -2.12. The molecule has 1 saturated carbocycles. The molecule has 1 aliphatic heterocycles. The summed E-state index contributed by atoms with van der Waals surface area (Å²) in [4.78, 5) is 4.68. The van der Waals surface area contributed by atoms with Crippen LogP contribution in [0.3, 0.4) is 0 Å². The molecule has 1 fully saturated rings. The summed E-state index contributed by atoms with van der Waals surface area (Å²) in [5, 5.41) is 0. The zero-order valence-electron chi connectivity index (χ0n) is 7.83. The Balaban J connectivity index is 2.06. The van der Waals surface area contributed by atoms with Crippen molar-refractivity contribution in [1.82, 2.24) is 0 Å². The van der Waals surface area contributed by atoms with Gasteiger partial charge in [-0.2, -0.15) is 0 Å². The van der Waals surface area contributed by atoms with Gasteiger partial charge in [-0.1, -0.05) is 25.2 Å². The molecule has 0 aromatic rings. The van der Waals surface area contributed by atoms with E-state index in [0.29, 0.717) is 5.41 Å². The van der Waals surface area contributed by atoms with Crippen molar-refractivity contribution in [2.75, 3.05) is 0 Å². The lowest BCUT2D eigenvalue weighted by Gasteiger charge is -2.20. The van der Waals surface area contributed by atoms with Gasteiger partial charge in [-0.3, -0.25) is 4.99 Å². The van der Waals surface area contributed by atoms with E-state index in [0.717, 1.165) is 12.3 Å². The lowest BCUT2D eigenvalue weighted by atomic mass is 9.92. The van der Waals surface area contributed by atoms with Gasteiger partial charge < -0.3 is 0 Å². The molecule has 2 aliphatic carbocycles. The van der Waals surface area contributed by atoms with Crippen LogP contribution in [0.2, 0.25) is 0 Å². The van der Waals surface area contributed by atoms with E-state index in [9.17, 15) is 0 Å². The van der Waals surface area contributed by atoms with E-state index in [1.54, 1.807) is 0 Å². The van der Waals surface area contributed by atoms with Gasteiger partial charge in [0.25, 0.3) is 0 Å². The third-order valence-corrected chi connectivity index (χ3v) is 3.33. The van der Waals surface area contributed by atoms with Crippen LogP contribution in [-0.2, 0) is 0 Å². The number of dihydropyridines is 1. The van der Waals surface area contributed by atoms with Crippen LogP contribution in [0.15, 0.2) is 41.1 Å². The highest BCUT2D eigenvalue weighted by Gasteiger charge is 2.55. The molecule has 1 heterocycles. The molecule has 0 aromatic carbocycles. The molecule has 2 atom stereocenters. The van der Waals surface area contributed by atoms with Gasteiger partial charge in [0.1, 0.15) is 0 Å². The van der Waals surface area contributed by atoms with Crippen molar-refractivity contribution >= 4 is 5.71 Å². The Morgan fingerprint density at radius 2 is 2.54 bits per heavy atom. The fraction of sp³-hybridized carbons (Fsp3) is 0.417. The van der Waals surface area contributed by atoms with Crippen LogP contribution >= 0.6 is 0 Å². The monoisotopic (exact) mass is 171 g/mol. The van der Waals surface area contributed by atoms with E-state index < -0.39 is 0 Å². The second-order valence-corrected chi connectivity index (χ2v) is 4.08. The molecule has 3 aliphatic rings. The molecule has 66 valence electrons. The Bertz CT molecular complexity index is 371. The molecule has 2 unspecified atom stereocenters. The molecule has 0 saturated heterocycles. The highest BCUT2D eigenvalue weighted by Crippen LogP contribution is 2.62. The van der Waals surface area contributed by atoms with E-state index in [-0.39, 0.29) is 0 Å². The fourth-order valence-corrected chi connectivity index (χ4v) is 2.33. The summed E-state index contributed by atoms with van der Waals surface area (Å²) in [5.41, 5.74) is 2.84. The Labute approximate surface area is 78.6 Å². The molecule has 13 heavy (non-hydrogen) atoms. The third-order valence-electron chi connectivity index (χ3n) is 3.33. The van der Waals surface area contributed by atoms with Crippen molar-refractivity contribution in [3.8, 4) is 0 Å². The predicted molar refractivity (Wildman–Crippen MR) is 54.6 cm³/mol. The van der Waals surface area contributed by atoms with E-state index >= 15 is 0 Å². The number of rotatable bonds is 1. The van der Waals surface area contributed by atoms with Crippen molar-refractivity contribution in [2.24, 2.45) is 16.3 Å². The molecule has 0 bridgehead atoms. The van der Waals surface area contributed by atoms with Crippen molar-refractivity contribution in [3.63, 3.8) is 0 Å². The highest BCUT2D eigenvalue weighted by atomic mass is 14.8. The van der Waals surface area contributed by atoms with E-state index in [1.807, 2.05) is 0 Å². The van der Waals surface area contributed by atoms with Gasteiger partial charge in [0, 0.05) is 11.1 Å². The largest absolute Gasteiger partial charge is 0.257 e. The van der Waals surface area contributed by atoms with Gasteiger partial charge in [-0.15, -0.1) is 0 Å². The second-order valence-electron chi connectivity index (χ2n) is 4.08. The molecular formula is C12H13N. The van der Waals surface area contributed by atoms with Crippen LogP contribution in [0.1, 0.15) is 19.8 Å². The summed E-state index contributed by atoms with van der Waals surface area (Å²) in [6.45, 7) is 2.16. The number of allylic oxidation sites excluding steroid dienone is 5. The fourth-order valence-electron chi connectivity index (χ4n) is 2.33. The Hall–Kier alpha value is -1.11. The number of nitrogens with zero attached hydrogens (tertiary/aromatic N) is 1. The average Bonchev–Trinajstić information content (AvgIpc) is 2.88. The first kappa shape index (κ1) is 7.31. The SMILES string of the molecule is CCC1=NC2=CC=CC3CC23C=C1. The predicted octanol–water partition coefficient (Wildman–Crippen LogP) is 2.87.